The fourth-order valence-electron chi connectivity index (χ4n) is 1.65. The van der Waals surface area contributed by atoms with Crippen LogP contribution in [-0.4, -0.2) is 41.3 Å². The summed E-state index contributed by atoms with van der Waals surface area (Å²) in [6, 6.07) is 3.50. The molecule has 0 fully saturated rings. The number of amides is 1. The van der Waals surface area contributed by atoms with Crippen LogP contribution in [0.15, 0.2) is 18.3 Å². The molecule has 1 amide bonds. The summed E-state index contributed by atoms with van der Waals surface area (Å²) in [4.78, 5) is 18.3. The molecule has 1 aromatic rings. The van der Waals surface area contributed by atoms with Crippen LogP contribution in [0.2, 0.25) is 0 Å². The van der Waals surface area contributed by atoms with E-state index in [9.17, 15) is 4.79 Å². The summed E-state index contributed by atoms with van der Waals surface area (Å²) in [6.07, 6.45) is 3.69. The molecule has 1 rings (SSSR count). The lowest BCUT2D eigenvalue weighted by Crippen LogP contribution is -2.34. The molecule has 1 heterocycles. The number of carbonyl (C=O) groups is 1. The summed E-state index contributed by atoms with van der Waals surface area (Å²) in [7, 11) is 1.53. The van der Waals surface area contributed by atoms with E-state index in [1.807, 2.05) is 4.90 Å². The Balaban J connectivity index is 2.86. The monoisotopic (exact) mass is 314 g/mol. The average Bonchev–Trinajstić information content (AvgIpc) is 2.42. The molecule has 0 atom stereocenters. The normalized spacial score (nSPS) is 10.2. The van der Waals surface area contributed by atoms with Crippen molar-refractivity contribution in [1.82, 2.24) is 9.88 Å². The average molecular weight is 315 g/mol. The fourth-order valence-corrected chi connectivity index (χ4v) is 2.08. The number of methoxy groups -OCH3 is 1. The third kappa shape index (κ3) is 3.98. The highest BCUT2D eigenvalue weighted by Crippen LogP contribution is 2.16. The molecule has 18 heavy (non-hydrogen) atoms. The van der Waals surface area contributed by atoms with E-state index in [0.717, 1.165) is 24.7 Å². The van der Waals surface area contributed by atoms with E-state index < -0.39 is 0 Å². The van der Waals surface area contributed by atoms with Gasteiger partial charge in [0.05, 0.1) is 7.11 Å². The lowest BCUT2D eigenvalue weighted by molar-refractivity contribution is 0.0760. The van der Waals surface area contributed by atoms with E-state index in [1.165, 1.54) is 7.11 Å². The highest BCUT2D eigenvalue weighted by molar-refractivity contribution is 9.09. The van der Waals surface area contributed by atoms with E-state index in [0.29, 0.717) is 18.0 Å². The summed E-state index contributed by atoms with van der Waals surface area (Å²) < 4.78 is 5.13. The number of hydrogen-bond acceptors (Lipinski definition) is 3. The van der Waals surface area contributed by atoms with Crippen LogP contribution < -0.4 is 4.74 Å². The Kier molecular flexibility index (Phi) is 6.72. The maximum atomic E-state index is 12.4. The van der Waals surface area contributed by atoms with Crippen molar-refractivity contribution < 1.29 is 9.53 Å². The minimum absolute atomic E-state index is 0.0205. The van der Waals surface area contributed by atoms with Gasteiger partial charge in [0, 0.05) is 24.6 Å². The van der Waals surface area contributed by atoms with Crippen LogP contribution in [0.1, 0.15) is 30.1 Å². The Morgan fingerprint density at radius 1 is 1.50 bits per heavy atom. The van der Waals surface area contributed by atoms with Gasteiger partial charge in [0.15, 0.2) is 0 Å². The van der Waals surface area contributed by atoms with Gasteiger partial charge in [-0.25, -0.2) is 4.98 Å². The Hall–Kier alpha value is -1.10. The molecule has 100 valence electrons. The molecular weight excluding hydrogens is 296 g/mol. The predicted octanol–water partition coefficient (Wildman–Crippen LogP) is 2.73. The van der Waals surface area contributed by atoms with E-state index in [1.54, 1.807) is 18.3 Å². The van der Waals surface area contributed by atoms with Crippen molar-refractivity contribution in [2.24, 2.45) is 0 Å². The lowest BCUT2D eigenvalue weighted by Gasteiger charge is -2.22. The van der Waals surface area contributed by atoms with E-state index in [4.69, 9.17) is 4.74 Å². The highest BCUT2D eigenvalue weighted by Gasteiger charge is 2.19. The zero-order valence-corrected chi connectivity index (χ0v) is 12.4. The second kappa shape index (κ2) is 8.08. The Labute approximate surface area is 116 Å². The van der Waals surface area contributed by atoms with Gasteiger partial charge < -0.3 is 9.64 Å². The summed E-state index contributed by atoms with van der Waals surface area (Å²) >= 11 is 3.38. The molecule has 0 N–H and O–H groups in total. The number of rotatable bonds is 7. The molecule has 0 spiro atoms. The first-order valence-corrected chi connectivity index (χ1v) is 7.21. The van der Waals surface area contributed by atoms with Gasteiger partial charge in [0.2, 0.25) is 5.88 Å². The van der Waals surface area contributed by atoms with Gasteiger partial charge in [0.1, 0.15) is 5.56 Å². The molecule has 0 saturated carbocycles. The van der Waals surface area contributed by atoms with Crippen molar-refractivity contribution in [2.45, 2.75) is 19.8 Å². The maximum absolute atomic E-state index is 12.4. The Bertz CT molecular complexity index is 385. The fraction of sp³-hybridized carbons (Fsp3) is 0.538. The summed E-state index contributed by atoms with van der Waals surface area (Å²) in [5.74, 6) is 0.367. The zero-order chi connectivity index (χ0) is 13.4. The molecule has 0 aromatic carbocycles. The molecule has 4 nitrogen and oxygen atoms in total. The van der Waals surface area contributed by atoms with Crippen LogP contribution in [0.3, 0.4) is 0 Å². The number of ether oxygens (including phenoxy) is 1. The van der Waals surface area contributed by atoms with Gasteiger partial charge in [-0.2, -0.15) is 0 Å². The van der Waals surface area contributed by atoms with Gasteiger partial charge in [-0.1, -0.05) is 29.3 Å². The number of alkyl halides is 1. The van der Waals surface area contributed by atoms with E-state index in [-0.39, 0.29) is 5.91 Å². The van der Waals surface area contributed by atoms with Crippen molar-refractivity contribution in [2.75, 3.05) is 25.5 Å². The molecule has 5 heteroatoms. The molecule has 0 aliphatic heterocycles. The van der Waals surface area contributed by atoms with Gasteiger partial charge >= 0.3 is 0 Å². The Morgan fingerprint density at radius 3 is 2.89 bits per heavy atom. The third-order valence-corrected chi connectivity index (χ3v) is 2.97. The standard InChI is InChI=1S/C13H19BrN2O2/c1-3-4-9-16(10-7-14)13(17)11-6-5-8-15-12(11)18-2/h5-6,8H,3-4,7,9-10H2,1-2H3. The van der Waals surface area contributed by atoms with Crippen molar-refractivity contribution >= 4 is 21.8 Å². The summed E-state index contributed by atoms with van der Waals surface area (Å²) in [5.41, 5.74) is 0.525. The van der Waals surface area contributed by atoms with Gasteiger partial charge in [0.25, 0.3) is 5.91 Å². The molecule has 0 saturated heterocycles. The number of aromatic nitrogens is 1. The van der Waals surface area contributed by atoms with Crippen LogP contribution in [0.25, 0.3) is 0 Å². The quantitative estimate of drug-likeness (QED) is 0.727. The summed E-state index contributed by atoms with van der Waals surface area (Å²) in [6.45, 7) is 3.57. The number of halogens is 1. The molecule has 0 bridgehead atoms. The van der Waals surface area contributed by atoms with Gasteiger partial charge in [-0.15, -0.1) is 0 Å². The summed E-state index contributed by atoms with van der Waals surface area (Å²) in [5, 5.41) is 0.769. The smallest absolute Gasteiger partial charge is 0.259 e. The molecule has 0 aliphatic carbocycles. The van der Waals surface area contributed by atoms with Crippen LogP contribution >= 0.6 is 15.9 Å². The van der Waals surface area contributed by atoms with Crippen molar-refractivity contribution in [3.05, 3.63) is 23.9 Å². The first-order valence-electron chi connectivity index (χ1n) is 6.08. The number of nitrogens with zero attached hydrogens (tertiary/aromatic N) is 2. The van der Waals surface area contributed by atoms with Crippen LogP contribution in [0, 0.1) is 0 Å². The molecule has 0 radical (unpaired) electrons. The molecule has 0 aliphatic rings. The predicted molar refractivity (Wildman–Crippen MR) is 75.4 cm³/mol. The zero-order valence-electron chi connectivity index (χ0n) is 10.9. The number of unbranched alkanes of at least 4 members (excludes halogenated alkanes) is 1. The minimum Gasteiger partial charge on any atom is -0.480 e. The lowest BCUT2D eigenvalue weighted by atomic mass is 10.2. The second-order valence-electron chi connectivity index (χ2n) is 3.89. The molecular formula is C13H19BrN2O2. The SMILES string of the molecule is CCCCN(CCBr)C(=O)c1cccnc1OC. The largest absolute Gasteiger partial charge is 0.480 e. The molecule has 1 aromatic heterocycles. The number of pyridine rings is 1. The van der Waals surface area contributed by atoms with E-state index >= 15 is 0 Å². The topological polar surface area (TPSA) is 42.4 Å². The van der Waals surface area contributed by atoms with Crippen LogP contribution in [-0.2, 0) is 0 Å². The van der Waals surface area contributed by atoms with Crippen molar-refractivity contribution in [3.8, 4) is 5.88 Å². The highest BCUT2D eigenvalue weighted by atomic mass is 79.9. The van der Waals surface area contributed by atoms with Crippen LogP contribution in [0.5, 0.6) is 5.88 Å². The van der Waals surface area contributed by atoms with Gasteiger partial charge in [-0.3, -0.25) is 4.79 Å². The van der Waals surface area contributed by atoms with Gasteiger partial charge in [-0.05, 0) is 18.6 Å². The van der Waals surface area contributed by atoms with Crippen LogP contribution in [0.4, 0.5) is 0 Å². The number of hydrogen-bond donors (Lipinski definition) is 0. The first-order chi connectivity index (χ1) is 8.74. The maximum Gasteiger partial charge on any atom is 0.259 e. The van der Waals surface area contributed by atoms with E-state index in [2.05, 4.69) is 27.8 Å². The Morgan fingerprint density at radius 2 is 2.28 bits per heavy atom. The molecule has 0 unspecified atom stereocenters. The first kappa shape index (κ1) is 15.0. The number of carbonyl (C=O) groups excluding carboxylic acids is 1. The minimum atomic E-state index is -0.0205. The third-order valence-electron chi connectivity index (χ3n) is 2.62. The van der Waals surface area contributed by atoms with Crippen molar-refractivity contribution in [3.63, 3.8) is 0 Å². The van der Waals surface area contributed by atoms with Crippen molar-refractivity contribution in [1.29, 1.82) is 0 Å². The second-order valence-corrected chi connectivity index (χ2v) is 4.69.